The minimum absolute atomic E-state index is 0.0268. The SMILES string of the molecule is CC(=O)c1ccc(OCCC(=O)N2CCC[C@@H](C(F)(F)F)C2)cc1. The van der Waals surface area contributed by atoms with Crippen molar-refractivity contribution >= 4 is 11.7 Å². The molecule has 0 N–H and O–H groups in total. The number of alkyl halides is 3. The van der Waals surface area contributed by atoms with Gasteiger partial charge in [-0.05, 0) is 44.0 Å². The molecule has 0 aromatic heterocycles. The van der Waals surface area contributed by atoms with Crippen LogP contribution in [-0.4, -0.2) is 42.5 Å². The molecule has 1 saturated heterocycles. The van der Waals surface area contributed by atoms with Gasteiger partial charge >= 0.3 is 6.18 Å². The Morgan fingerprint density at radius 1 is 1.25 bits per heavy atom. The van der Waals surface area contributed by atoms with E-state index >= 15 is 0 Å². The number of rotatable bonds is 5. The molecule has 1 aliphatic rings. The summed E-state index contributed by atoms with van der Waals surface area (Å²) in [5.74, 6) is -1.31. The lowest BCUT2D eigenvalue weighted by molar-refractivity contribution is -0.188. The maximum atomic E-state index is 12.8. The number of Topliss-reactive ketones (excluding diaryl/α,β-unsaturated/α-hetero) is 1. The number of nitrogens with zero attached hydrogens (tertiary/aromatic N) is 1. The molecule has 1 fully saturated rings. The number of amides is 1. The van der Waals surface area contributed by atoms with Crippen LogP contribution < -0.4 is 4.74 Å². The summed E-state index contributed by atoms with van der Waals surface area (Å²) in [7, 11) is 0. The van der Waals surface area contributed by atoms with Crippen molar-refractivity contribution in [1.29, 1.82) is 0 Å². The maximum Gasteiger partial charge on any atom is 0.393 e. The number of hydrogen-bond acceptors (Lipinski definition) is 3. The summed E-state index contributed by atoms with van der Waals surface area (Å²) in [6.07, 6.45) is -3.79. The van der Waals surface area contributed by atoms with E-state index < -0.39 is 12.1 Å². The second-order valence-corrected chi connectivity index (χ2v) is 5.90. The average molecular weight is 343 g/mol. The third kappa shape index (κ3) is 4.97. The Labute approximate surface area is 138 Å². The summed E-state index contributed by atoms with van der Waals surface area (Å²) < 4.78 is 43.7. The standard InChI is InChI=1S/C17H20F3NO3/c1-12(22)13-4-6-15(7-5-13)24-10-8-16(23)21-9-2-3-14(11-21)17(18,19)20/h4-7,14H,2-3,8-11H2,1H3/t14-/m1/s1. The second-order valence-electron chi connectivity index (χ2n) is 5.90. The zero-order chi connectivity index (χ0) is 17.7. The lowest BCUT2D eigenvalue weighted by atomic mass is 9.97. The molecule has 1 aromatic rings. The Morgan fingerprint density at radius 2 is 1.92 bits per heavy atom. The Bertz CT molecular complexity index is 584. The molecule has 1 heterocycles. The van der Waals surface area contributed by atoms with Gasteiger partial charge in [0.25, 0.3) is 0 Å². The number of carbonyl (C=O) groups excluding carboxylic acids is 2. The Hall–Kier alpha value is -2.05. The van der Waals surface area contributed by atoms with Crippen LogP contribution in [0.5, 0.6) is 5.75 Å². The predicted octanol–water partition coefficient (Wildman–Crippen LogP) is 3.46. The molecule has 1 aliphatic heterocycles. The Kier molecular flexibility index (Phi) is 5.85. The van der Waals surface area contributed by atoms with Gasteiger partial charge in [-0.2, -0.15) is 13.2 Å². The van der Waals surface area contributed by atoms with Gasteiger partial charge in [0, 0.05) is 18.7 Å². The largest absolute Gasteiger partial charge is 0.493 e. The van der Waals surface area contributed by atoms with Gasteiger partial charge in [0.1, 0.15) is 5.75 Å². The zero-order valence-electron chi connectivity index (χ0n) is 13.4. The topological polar surface area (TPSA) is 46.6 Å². The summed E-state index contributed by atoms with van der Waals surface area (Å²) in [5.41, 5.74) is 0.560. The molecule has 0 unspecified atom stereocenters. The quantitative estimate of drug-likeness (QED) is 0.769. The van der Waals surface area contributed by atoms with Gasteiger partial charge in [-0.1, -0.05) is 0 Å². The van der Waals surface area contributed by atoms with Gasteiger partial charge in [-0.15, -0.1) is 0 Å². The van der Waals surface area contributed by atoms with Crippen LogP contribution >= 0.6 is 0 Å². The van der Waals surface area contributed by atoms with Crippen LogP contribution in [0.1, 0.15) is 36.5 Å². The highest BCUT2D eigenvalue weighted by Crippen LogP contribution is 2.33. The van der Waals surface area contributed by atoms with Crippen molar-refractivity contribution < 1.29 is 27.5 Å². The van der Waals surface area contributed by atoms with Gasteiger partial charge in [0.05, 0.1) is 18.9 Å². The summed E-state index contributed by atoms with van der Waals surface area (Å²) >= 11 is 0. The van der Waals surface area contributed by atoms with Crippen molar-refractivity contribution in [3.05, 3.63) is 29.8 Å². The van der Waals surface area contributed by atoms with E-state index in [1.54, 1.807) is 24.3 Å². The van der Waals surface area contributed by atoms with Crippen molar-refractivity contribution in [2.24, 2.45) is 5.92 Å². The van der Waals surface area contributed by atoms with E-state index in [0.29, 0.717) is 24.3 Å². The van der Waals surface area contributed by atoms with Crippen molar-refractivity contribution in [1.82, 2.24) is 4.90 Å². The van der Waals surface area contributed by atoms with E-state index in [4.69, 9.17) is 4.74 Å². The van der Waals surface area contributed by atoms with Crippen LogP contribution in [0.3, 0.4) is 0 Å². The molecule has 0 spiro atoms. The van der Waals surface area contributed by atoms with Crippen molar-refractivity contribution in [3.8, 4) is 5.75 Å². The van der Waals surface area contributed by atoms with E-state index in [1.807, 2.05) is 0 Å². The molecule has 1 amide bonds. The molecule has 24 heavy (non-hydrogen) atoms. The maximum absolute atomic E-state index is 12.8. The number of carbonyl (C=O) groups is 2. The lowest BCUT2D eigenvalue weighted by Gasteiger charge is -2.33. The first-order chi connectivity index (χ1) is 11.3. The van der Waals surface area contributed by atoms with Gasteiger partial charge in [0.2, 0.25) is 5.91 Å². The van der Waals surface area contributed by atoms with Crippen molar-refractivity contribution in [2.75, 3.05) is 19.7 Å². The first kappa shape index (κ1) is 18.3. The molecular weight excluding hydrogens is 323 g/mol. The predicted molar refractivity (Wildman–Crippen MR) is 81.9 cm³/mol. The van der Waals surface area contributed by atoms with Gasteiger partial charge in [-0.3, -0.25) is 9.59 Å². The molecule has 1 atom stereocenters. The number of benzene rings is 1. The zero-order valence-corrected chi connectivity index (χ0v) is 13.4. The van der Waals surface area contributed by atoms with Crippen LogP contribution in [0.15, 0.2) is 24.3 Å². The monoisotopic (exact) mass is 343 g/mol. The molecule has 0 bridgehead atoms. The smallest absolute Gasteiger partial charge is 0.393 e. The molecular formula is C17H20F3NO3. The normalized spacial score (nSPS) is 18.3. The minimum atomic E-state index is -4.26. The number of halogens is 3. The van der Waals surface area contributed by atoms with Crippen molar-refractivity contribution in [2.45, 2.75) is 32.4 Å². The molecule has 0 radical (unpaired) electrons. The van der Waals surface area contributed by atoms with Gasteiger partial charge in [-0.25, -0.2) is 0 Å². The highest BCUT2D eigenvalue weighted by molar-refractivity contribution is 5.94. The highest BCUT2D eigenvalue weighted by atomic mass is 19.4. The fraction of sp³-hybridized carbons (Fsp3) is 0.529. The lowest BCUT2D eigenvalue weighted by Crippen LogP contribution is -2.44. The molecule has 0 saturated carbocycles. The molecule has 1 aromatic carbocycles. The summed E-state index contributed by atoms with van der Waals surface area (Å²) in [5, 5.41) is 0. The Morgan fingerprint density at radius 3 is 2.50 bits per heavy atom. The number of hydrogen-bond donors (Lipinski definition) is 0. The molecule has 0 aliphatic carbocycles. The Balaban J connectivity index is 1.79. The first-order valence-corrected chi connectivity index (χ1v) is 7.85. The summed E-state index contributed by atoms with van der Waals surface area (Å²) in [6.45, 7) is 1.64. The fourth-order valence-corrected chi connectivity index (χ4v) is 2.67. The first-order valence-electron chi connectivity index (χ1n) is 7.85. The third-order valence-electron chi connectivity index (χ3n) is 4.08. The fourth-order valence-electron chi connectivity index (χ4n) is 2.67. The van der Waals surface area contributed by atoms with Gasteiger partial charge < -0.3 is 9.64 Å². The van der Waals surface area contributed by atoms with Crippen LogP contribution in [0.2, 0.25) is 0 Å². The molecule has 2 rings (SSSR count). The summed E-state index contributed by atoms with van der Waals surface area (Å²) in [6, 6.07) is 6.50. The highest BCUT2D eigenvalue weighted by Gasteiger charge is 2.42. The number of piperidine rings is 1. The number of ketones is 1. The number of ether oxygens (including phenoxy) is 1. The third-order valence-corrected chi connectivity index (χ3v) is 4.08. The van der Waals surface area contributed by atoms with E-state index in [0.717, 1.165) is 0 Å². The van der Waals surface area contributed by atoms with Crippen LogP contribution in [-0.2, 0) is 4.79 Å². The molecule has 132 valence electrons. The molecule has 7 heteroatoms. The van der Waals surface area contributed by atoms with Crippen LogP contribution in [0.4, 0.5) is 13.2 Å². The van der Waals surface area contributed by atoms with Crippen molar-refractivity contribution in [3.63, 3.8) is 0 Å². The number of likely N-dealkylation sites (tertiary alicyclic amines) is 1. The van der Waals surface area contributed by atoms with E-state index in [9.17, 15) is 22.8 Å². The van der Waals surface area contributed by atoms with E-state index in [2.05, 4.69) is 0 Å². The van der Waals surface area contributed by atoms with Gasteiger partial charge in [0.15, 0.2) is 5.78 Å². The summed E-state index contributed by atoms with van der Waals surface area (Å²) in [4.78, 5) is 24.5. The van der Waals surface area contributed by atoms with Crippen LogP contribution in [0, 0.1) is 5.92 Å². The van der Waals surface area contributed by atoms with Crippen LogP contribution in [0.25, 0.3) is 0 Å². The van der Waals surface area contributed by atoms with E-state index in [1.165, 1.54) is 11.8 Å². The second kappa shape index (κ2) is 7.68. The van der Waals surface area contributed by atoms with E-state index in [-0.39, 0.29) is 37.7 Å². The minimum Gasteiger partial charge on any atom is -0.493 e. The average Bonchev–Trinajstić information content (AvgIpc) is 2.54. The molecule has 4 nitrogen and oxygen atoms in total.